The molecule has 2 heterocycles. The Kier molecular flexibility index (Phi) is 3.91. The molecule has 1 aromatic carbocycles. The van der Waals surface area contributed by atoms with Crippen LogP contribution in [0.1, 0.15) is 17.7 Å². The number of aliphatic carboxylic acids is 1. The van der Waals surface area contributed by atoms with Crippen LogP contribution in [-0.2, 0) is 17.8 Å². The van der Waals surface area contributed by atoms with E-state index in [9.17, 15) is 4.79 Å². The minimum Gasteiger partial charge on any atom is -0.481 e. The Balaban J connectivity index is 2.02. The summed E-state index contributed by atoms with van der Waals surface area (Å²) < 4.78 is 0.755. The maximum atomic E-state index is 11.2. The topological polar surface area (TPSA) is 56.3 Å². The maximum absolute atomic E-state index is 11.2. The molecule has 0 saturated carbocycles. The summed E-state index contributed by atoms with van der Waals surface area (Å²) in [5.74, 6) is -0.780. The smallest absolute Gasteiger partial charge is 0.305 e. The number of thioether (sulfide) groups is 1. The lowest BCUT2D eigenvalue weighted by atomic mass is 9.95. The standard InChI is InChI=1S/C15H16N2O2S2/c1-21-15(20)17-8-13-11(6-9(17)7-14(18)19)10-4-2-3-5-12(10)16-13/h2-5,9,16H,6-8H2,1H3,(H,18,19)/t9-/m0/s1. The predicted octanol–water partition coefficient (Wildman–Crippen LogP) is 3.02. The van der Waals surface area contributed by atoms with E-state index in [0.29, 0.717) is 13.0 Å². The fourth-order valence-electron chi connectivity index (χ4n) is 2.98. The number of hydrogen-bond donors (Lipinski definition) is 2. The fourth-order valence-corrected chi connectivity index (χ4v) is 3.65. The number of fused-ring (bicyclic) bond motifs is 3. The summed E-state index contributed by atoms with van der Waals surface area (Å²) >= 11 is 6.89. The van der Waals surface area contributed by atoms with E-state index in [4.69, 9.17) is 17.3 Å². The van der Waals surface area contributed by atoms with Gasteiger partial charge in [-0.1, -0.05) is 30.4 Å². The summed E-state index contributed by atoms with van der Waals surface area (Å²) in [4.78, 5) is 16.6. The highest BCUT2D eigenvalue weighted by Crippen LogP contribution is 2.32. The normalized spacial score (nSPS) is 17.8. The molecule has 0 unspecified atom stereocenters. The van der Waals surface area contributed by atoms with Crippen molar-refractivity contribution in [2.24, 2.45) is 0 Å². The monoisotopic (exact) mass is 320 g/mol. The first-order valence-corrected chi connectivity index (χ1v) is 8.38. The van der Waals surface area contributed by atoms with Crippen LogP contribution in [0.15, 0.2) is 24.3 Å². The molecular formula is C15H16N2O2S2. The van der Waals surface area contributed by atoms with Gasteiger partial charge in [0.2, 0.25) is 0 Å². The molecule has 0 saturated heterocycles. The van der Waals surface area contributed by atoms with Crippen molar-refractivity contribution < 1.29 is 9.90 Å². The van der Waals surface area contributed by atoms with Gasteiger partial charge < -0.3 is 15.0 Å². The molecule has 21 heavy (non-hydrogen) atoms. The van der Waals surface area contributed by atoms with Gasteiger partial charge in [0.15, 0.2) is 0 Å². The first-order chi connectivity index (χ1) is 10.1. The summed E-state index contributed by atoms with van der Waals surface area (Å²) in [6.45, 7) is 0.654. The fraction of sp³-hybridized carbons (Fsp3) is 0.333. The molecule has 1 atom stereocenters. The number of nitrogens with one attached hydrogen (secondary N) is 1. The Morgan fingerprint density at radius 2 is 2.29 bits per heavy atom. The van der Waals surface area contributed by atoms with E-state index in [1.807, 2.05) is 23.3 Å². The number of carboxylic acids is 1. The van der Waals surface area contributed by atoms with Crippen molar-refractivity contribution in [3.63, 3.8) is 0 Å². The molecule has 2 aromatic rings. The van der Waals surface area contributed by atoms with E-state index in [0.717, 1.165) is 15.5 Å². The van der Waals surface area contributed by atoms with Crippen molar-refractivity contribution in [1.82, 2.24) is 9.88 Å². The third-order valence-corrected chi connectivity index (χ3v) is 5.25. The zero-order valence-electron chi connectivity index (χ0n) is 11.6. The van der Waals surface area contributed by atoms with Crippen LogP contribution in [0.2, 0.25) is 0 Å². The zero-order chi connectivity index (χ0) is 15.0. The van der Waals surface area contributed by atoms with Crippen LogP contribution in [0.25, 0.3) is 10.9 Å². The molecule has 0 spiro atoms. The van der Waals surface area contributed by atoms with E-state index in [-0.39, 0.29) is 12.5 Å². The molecule has 0 radical (unpaired) electrons. The number of hydrogen-bond acceptors (Lipinski definition) is 3. The summed E-state index contributed by atoms with van der Waals surface area (Å²) in [6, 6.07) is 8.08. The van der Waals surface area contributed by atoms with Crippen molar-refractivity contribution >= 4 is 45.2 Å². The van der Waals surface area contributed by atoms with Gasteiger partial charge in [-0.3, -0.25) is 4.79 Å². The minimum absolute atomic E-state index is 0.0749. The lowest BCUT2D eigenvalue weighted by Crippen LogP contribution is -2.43. The van der Waals surface area contributed by atoms with E-state index >= 15 is 0 Å². The second kappa shape index (κ2) is 5.69. The molecule has 4 nitrogen and oxygen atoms in total. The highest BCUT2D eigenvalue weighted by atomic mass is 32.2. The SMILES string of the molecule is CSC(=S)N1Cc2[nH]c3ccccc3c2C[C@H]1CC(=O)O. The lowest BCUT2D eigenvalue weighted by Gasteiger charge is -2.36. The van der Waals surface area contributed by atoms with Crippen LogP contribution in [0.5, 0.6) is 0 Å². The summed E-state index contributed by atoms with van der Waals surface area (Å²) in [6.07, 6.45) is 2.76. The Hall–Kier alpha value is -1.53. The lowest BCUT2D eigenvalue weighted by molar-refractivity contribution is -0.138. The Morgan fingerprint density at radius 1 is 1.52 bits per heavy atom. The predicted molar refractivity (Wildman–Crippen MR) is 89.7 cm³/mol. The highest BCUT2D eigenvalue weighted by Gasteiger charge is 2.31. The molecule has 1 aromatic heterocycles. The molecule has 1 aliphatic rings. The van der Waals surface area contributed by atoms with Gasteiger partial charge in [-0.2, -0.15) is 0 Å². The number of nitrogens with zero attached hydrogens (tertiary/aromatic N) is 1. The first kappa shape index (κ1) is 14.4. The van der Waals surface area contributed by atoms with Crippen LogP contribution < -0.4 is 0 Å². The van der Waals surface area contributed by atoms with Gasteiger partial charge in [0.25, 0.3) is 0 Å². The van der Waals surface area contributed by atoms with Gasteiger partial charge in [0.1, 0.15) is 4.32 Å². The van der Waals surface area contributed by atoms with Gasteiger partial charge in [0, 0.05) is 22.6 Å². The van der Waals surface area contributed by atoms with Crippen LogP contribution in [-0.4, -0.2) is 37.6 Å². The number of aromatic nitrogens is 1. The number of thiocarbonyl (C=S) groups is 1. The molecule has 0 bridgehead atoms. The average Bonchev–Trinajstić information content (AvgIpc) is 2.83. The number of rotatable bonds is 2. The van der Waals surface area contributed by atoms with Crippen molar-refractivity contribution in [2.45, 2.75) is 25.4 Å². The zero-order valence-corrected chi connectivity index (χ0v) is 13.3. The second-order valence-electron chi connectivity index (χ2n) is 5.18. The van der Waals surface area contributed by atoms with Crippen LogP contribution >= 0.6 is 24.0 Å². The number of aromatic amines is 1. The highest BCUT2D eigenvalue weighted by molar-refractivity contribution is 8.22. The largest absolute Gasteiger partial charge is 0.481 e. The Bertz CT molecular complexity index is 711. The number of carboxylic acid groups (broad SMARTS) is 1. The molecule has 0 fully saturated rings. The first-order valence-electron chi connectivity index (χ1n) is 6.75. The van der Waals surface area contributed by atoms with E-state index in [1.54, 1.807) is 0 Å². The molecule has 0 aliphatic carbocycles. The average molecular weight is 320 g/mol. The number of para-hydroxylation sites is 1. The summed E-state index contributed by atoms with van der Waals surface area (Å²) in [7, 11) is 0. The van der Waals surface area contributed by atoms with E-state index in [1.165, 1.54) is 22.7 Å². The van der Waals surface area contributed by atoms with Crippen LogP contribution in [0.4, 0.5) is 0 Å². The van der Waals surface area contributed by atoms with Crippen molar-refractivity contribution in [1.29, 1.82) is 0 Å². The third-order valence-electron chi connectivity index (χ3n) is 3.93. The van der Waals surface area contributed by atoms with Crippen LogP contribution in [0.3, 0.4) is 0 Å². The molecule has 2 N–H and O–H groups in total. The van der Waals surface area contributed by atoms with Gasteiger partial charge in [-0.15, -0.1) is 11.8 Å². The summed E-state index contributed by atoms with van der Waals surface area (Å²) in [5, 5.41) is 10.4. The number of H-pyrrole nitrogens is 1. The quantitative estimate of drug-likeness (QED) is 0.833. The second-order valence-corrected chi connectivity index (χ2v) is 6.62. The third kappa shape index (κ3) is 2.65. The van der Waals surface area contributed by atoms with Gasteiger partial charge in [0.05, 0.1) is 13.0 Å². The van der Waals surface area contributed by atoms with Gasteiger partial charge >= 0.3 is 5.97 Å². The summed E-state index contributed by atoms with van der Waals surface area (Å²) in [5.41, 5.74) is 3.49. The maximum Gasteiger partial charge on any atom is 0.305 e. The number of carbonyl (C=O) groups is 1. The molecule has 6 heteroatoms. The number of benzene rings is 1. The van der Waals surface area contributed by atoms with Crippen LogP contribution in [0, 0.1) is 0 Å². The molecule has 0 amide bonds. The molecule has 1 aliphatic heterocycles. The molecule has 3 rings (SSSR count). The van der Waals surface area contributed by atoms with Gasteiger partial charge in [-0.25, -0.2) is 0 Å². The minimum atomic E-state index is -0.780. The van der Waals surface area contributed by atoms with Crippen molar-refractivity contribution in [2.75, 3.05) is 6.26 Å². The van der Waals surface area contributed by atoms with Crippen molar-refractivity contribution in [3.05, 3.63) is 35.5 Å². The molecular weight excluding hydrogens is 304 g/mol. The Morgan fingerprint density at radius 3 is 3.00 bits per heavy atom. The van der Waals surface area contributed by atoms with Gasteiger partial charge in [-0.05, 0) is 24.3 Å². The van der Waals surface area contributed by atoms with Crippen molar-refractivity contribution in [3.8, 4) is 0 Å². The van der Waals surface area contributed by atoms with E-state index < -0.39 is 5.97 Å². The van der Waals surface area contributed by atoms with E-state index in [2.05, 4.69) is 17.1 Å². The molecule has 110 valence electrons. The Labute approximate surface area is 132 Å².